The van der Waals surface area contributed by atoms with E-state index in [1.165, 1.54) is 10.8 Å². The fourth-order valence-corrected chi connectivity index (χ4v) is 7.50. The summed E-state index contributed by atoms with van der Waals surface area (Å²) in [6.07, 6.45) is 1.87. The molecule has 10 aromatic rings. The van der Waals surface area contributed by atoms with Crippen LogP contribution in [-0.4, -0.2) is 24.1 Å². The summed E-state index contributed by atoms with van der Waals surface area (Å²) < 4.78 is 4.65. The lowest BCUT2D eigenvalue weighted by Gasteiger charge is -2.12. The van der Waals surface area contributed by atoms with Gasteiger partial charge in [0.1, 0.15) is 11.5 Å². The molecule has 0 atom stereocenters. The highest BCUT2D eigenvalue weighted by Crippen LogP contribution is 2.42. The first-order valence-corrected chi connectivity index (χ1v) is 17.2. The molecule has 4 heterocycles. The first kappa shape index (κ1) is 29.5. The lowest BCUT2D eigenvalue weighted by molar-refractivity contribution is 1.14. The Morgan fingerprint density at radius 2 is 1.15 bits per heavy atom. The number of rotatable bonds is 5. The Bertz CT molecular complexity index is 3010. The van der Waals surface area contributed by atoms with Gasteiger partial charge in [-0.2, -0.15) is 0 Å². The first-order valence-electron chi connectivity index (χ1n) is 17.2. The average Bonchev–Trinajstić information content (AvgIpc) is 3.74. The Morgan fingerprint density at radius 3 is 1.94 bits per heavy atom. The molecule has 0 aliphatic rings. The summed E-state index contributed by atoms with van der Waals surface area (Å²) in [4.78, 5) is 18.7. The third-order valence-corrected chi connectivity index (χ3v) is 9.82. The van der Waals surface area contributed by atoms with Crippen LogP contribution in [-0.2, 0) is 0 Å². The largest absolute Gasteiger partial charge is 0.309 e. The minimum atomic E-state index is 0.521. The second-order valence-corrected chi connectivity index (χ2v) is 12.8. The number of hydrogen-bond acceptors (Lipinski definition) is 3. The molecule has 4 aromatic heterocycles. The van der Waals surface area contributed by atoms with Crippen molar-refractivity contribution >= 4 is 49.4 Å². The third-order valence-electron chi connectivity index (χ3n) is 9.82. The summed E-state index contributed by atoms with van der Waals surface area (Å²) in [7, 11) is 0. The molecule has 0 amide bonds. The maximum absolute atomic E-state index is 7.78. The Hall–Kier alpha value is -7.36. The number of benzene rings is 6. The van der Waals surface area contributed by atoms with E-state index in [1.54, 1.807) is 0 Å². The van der Waals surface area contributed by atoms with Crippen molar-refractivity contribution in [3.8, 4) is 45.3 Å². The van der Waals surface area contributed by atoms with Gasteiger partial charge in [0.15, 0.2) is 5.69 Å². The van der Waals surface area contributed by atoms with Crippen LogP contribution in [0.15, 0.2) is 170 Å². The van der Waals surface area contributed by atoms with Crippen molar-refractivity contribution in [1.29, 1.82) is 0 Å². The molecule has 0 fully saturated rings. The van der Waals surface area contributed by atoms with Crippen LogP contribution in [0.25, 0.3) is 93.9 Å². The van der Waals surface area contributed by atoms with E-state index in [2.05, 4.69) is 111 Å². The molecule has 242 valence electrons. The summed E-state index contributed by atoms with van der Waals surface area (Å²) in [6, 6.07) is 56.0. The van der Waals surface area contributed by atoms with E-state index < -0.39 is 0 Å². The minimum Gasteiger partial charge on any atom is -0.309 e. The molecule has 0 aliphatic heterocycles. The SMILES string of the molecule is [C-]#[N+]c1ccccc1-c1nc(-c2ccccc2)cc(-c2ccc(-n3c4ncccc4c4ccc5c(c6ccccc6n5-c5ccccc5)c43)cc2)n1. The standard InChI is InChI=1S/C46H28N6/c1-47-38-20-10-8-17-36(38)45-49-39(30-13-4-2-5-14-30)29-40(50-45)31-22-24-33(25-23-31)52-44-34(35-19-12-28-48-46(35)52)26-27-42-43(44)37-18-9-11-21-41(37)51(42)32-15-6-3-7-16-32/h2-29H. The molecule has 0 unspecified atom stereocenters. The van der Waals surface area contributed by atoms with Crippen LogP contribution >= 0.6 is 0 Å². The smallest absolute Gasteiger partial charge is 0.198 e. The van der Waals surface area contributed by atoms with Crippen molar-refractivity contribution < 1.29 is 0 Å². The molecule has 0 bridgehead atoms. The predicted octanol–water partition coefficient (Wildman–Crippen LogP) is 11.6. The van der Waals surface area contributed by atoms with Gasteiger partial charge in [0.2, 0.25) is 0 Å². The van der Waals surface area contributed by atoms with E-state index in [-0.39, 0.29) is 0 Å². The molecule has 6 heteroatoms. The minimum absolute atomic E-state index is 0.521. The highest BCUT2D eigenvalue weighted by Gasteiger charge is 2.21. The van der Waals surface area contributed by atoms with Gasteiger partial charge in [-0.3, -0.25) is 4.57 Å². The fraction of sp³-hybridized carbons (Fsp3) is 0. The van der Waals surface area contributed by atoms with E-state index >= 15 is 0 Å². The molecular formula is C46H28N6. The van der Waals surface area contributed by atoms with Crippen LogP contribution in [0, 0.1) is 6.57 Å². The Labute approximate surface area is 299 Å². The quantitative estimate of drug-likeness (QED) is 0.172. The van der Waals surface area contributed by atoms with Crippen LogP contribution in [0.3, 0.4) is 0 Å². The zero-order chi connectivity index (χ0) is 34.6. The van der Waals surface area contributed by atoms with Gasteiger partial charge in [-0.05, 0) is 54.6 Å². The van der Waals surface area contributed by atoms with Crippen LogP contribution in [0.2, 0.25) is 0 Å². The average molecular weight is 665 g/mol. The zero-order valence-electron chi connectivity index (χ0n) is 27.8. The Balaban J connectivity index is 1.19. The molecular weight excluding hydrogens is 637 g/mol. The molecule has 6 aromatic carbocycles. The molecule has 0 saturated carbocycles. The molecule has 0 aliphatic carbocycles. The normalized spacial score (nSPS) is 11.4. The number of aromatic nitrogens is 5. The number of pyridine rings is 1. The van der Waals surface area contributed by atoms with Crippen molar-refractivity contribution in [3.63, 3.8) is 0 Å². The lowest BCUT2D eigenvalue weighted by atomic mass is 10.1. The van der Waals surface area contributed by atoms with Crippen LogP contribution in [0.1, 0.15) is 0 Å². The van der Waals surface area contributed by atoms with E-state index in [0.717, 1.165) is 66.9 Å². The van der Waals surface area contributed by atoms with E-state index in [0.29, 0.717) is 17.1 Å². The molecule has 0 N–H and O–H groups in total. The summed E-state index contributed by atoms with van der Waals surface area (Å²) in [6.45, 7) is 7.78. The summed E-state index contributed by atoms with van der Waals surface area (Å²) >= 11 is 0. The second-order valence-electron chi connectivity index (χ2n) is 12.8. The number of para-hydroxylation sites is 3. The van der Waals surface area contributed by atoms with Crippen molar-refractivity contribution in [3.05, 3.63) is 181 Å². The van der Waals surface area contributed by atoms with E-state index in [4.69, 9.17) is 21.5 Å². The monoisotopic (exact) mass is 664 g/mol. The second kappa shape index (κ2) is 11.9. The van der Waals surface area contributed by atoms with Gasteiger partial charge < -0.3 is 4.57 Å². The van der Waals surface area contributed by atoms with Crippen molar-refractivity contribution in [2.45, 2.75) is 0 Å². The van der Waals surface area contributed by atoms with Crippen LogP contribution < -0.4 is 0 Å². The van der Waals surface area contributed by atoms with E-state index in [1.807, 2.05) is 72.9 Å². The highest BCUT2D eigenvalue weighted by atomic mass is 15.1. The van der Waals surface area contributed by atoms with Crippen LogP contribution in [0.4, 0.5) is 5.69 Å². The zero-order valence-corrected chi connectivity index (χ0v) is 27.8. The van der Waals surface area contributed by atoms with Gasteiger partial charge in [-0.25, -0.2) is 19.8 Å². The van der Waals surface area contributed by atoms with Gasteiger partial charge in [0.25, 0.3) is 0 Å². The topological polar surface area (TPSA) is 52.9 Å². The maximum Gasteiger partial charge on any atom is 0.198 e. The van der Waals surface area contributed by atoms with Gasteiger partial charge in [-0.1, -0.05) is 109 Å². The van der Waals surface area contributed by atoms with Crippen molar-refractivity contribution in [2.24, 2.45) is 0 Å². The number of nitrogens with zero attached hydrogens (tertiary/aromatic N) is 6. The summed E-state index contributed by atoms with van der Waals surface area (Å²) in [5.41, 5.74) is 11.2. The third kappa shape index (κ3) is 4.61. The first-order chi connectivity index (χ1) is 25.8. The highest BCUT2D eigenvalue weighted by molar-refractivity contribution is 6.25. The van der Waals surface area contributed by atoms with Crippen LogP contribution in [0.5, 0.6) is 0 Å². The molecule has 10 rings (SSSR count). The maximum atomic E-state index is 7.78. The Kier molecular flexibility index (Phi) is 6.76. The molecule has 0 spiro atoms. The lowest BCUT2D eigenvalue weighted by Crippen LogP contribution is -1.98. The molecule has 52 heavy (non-hydrogen) atoms. The van der Waals surface area contributed by atoms with Crippen molar-refractivity contribution in [2.75, 3.05) is 0 Å². The molecule has 0 saturated heterocycles. The van der Waals surface area contributed by atoms with Crippen molar-refractivity contribution in [1.82, 2.24) is 24.1 Å². The summed E-state index contributed by atoms with van der Waals surface area (Å²) in [5, 5.41) is 4.63. The molecule has 0 radical (unpaired) electrons. The van der Waals surface area contributed by atoms with Gasteiger partial charge in [0, 0.05) is 55.8 Å². The van der Waals surface area contributed by atoms with Gasteiger partial charge in [-0.15, -0.1) is 0 Å². The number of hydrogen-bond donors (Lipinski definition) is 0. The Morgan fingerprint density at radius 1 is 0.500 bits per heavy atom. The predicted molar refractivity (Wildman–Crippen MR) is 211 cm³/mol. The van der Waals surface area contributed by atoms with E-state index in [9.17, 15) is 0 Å². The van der Waals surface area contributed by atoms with Gasteiger partial charge >= 0.3 is 0 Å². The summed E-state index contributed by atoms with van der Waals surface area (Å²) in [5.74, 6) is 0.524. The molecule has 6 nitrogen and oxygen atoms in total. The number of fused-ring (bicyclic) bond motifs is 7. The fourth-order valence-electron chi connectivity index (χ4n) is 7.50. The van der Waals surface area contributed by atoms with Gasteiger partial charge in [0.05, 0.1) is 34.5 Å².